The molecule has 0 unspecified atom stereocenters. The molecule has 16 heavy (non-hydrogen) atoms. The van der Waals surface area contributed by atoms with Gasteiger partial charge in [-0.15, -0.1) is 11.3 Å². The van der Waals surface area contributed by atoms with Crippen LogP contribution in [0.1, 0.15) is 43.0 Å². The predicted molar refractivity (Wildman–Crippen MR) is 66.6 cm³/mol. The molecule has 1 aliphatic carbocycles. The van der Waals surface area contributed by atoms with Crippen molar-refractivity contribution in [3.63, 3.8) is 0 Å². The largest absolute Gasteiger partial charge is 0.371 e. The smallest absolute Gasteiger partial charge is 0.125 e. The molecular weight excluding hydrogens is 220 g/mol. The third kappa shape index (κ3) is 2.29. The van der Waals surface area contributed by atoms with E-state index in [9.17, 15) is 0 Å². The van der Waals surface area contributed by atoms with Crippen LogP contribution in [0.3, 0.4) is 0 Å². The number of methoxy groups -OCH3 is 1. The number of hydrogen-bond acceptors (Lipinski definition) is 4. The summed E-state index contributed by atoms with van der Waals surface area (Å²) in [6.45, 7) is 5.23. The number of ether oxygens (including phenoxy) is 1. The van der Waals surface area contributed by atoms with E-state index in [2.05, 4.69) is 24.1 Å². The summed E-state index contributed by atoms with van der Waals surface area (Å²) in [6.07, 6.45) is 5.48. The first-order valence-corrected chi connectivity index (χ1v) is 6.72. The molecule has 0 bridgehead atoms. The first kappa shape index (κ1) is 12.0. The Balaban J connectivity index is 2.01. The second-order valence-corrected chi connectivity index (χ2v) is 5.83. The van der Waals surface area contributed by atoms with E-state index in [0.717, 1.165) is 24.4 Å². The van der Waals surface area contributed by atoms with E-state index >= 15 is 0 Å². The summed E-state index contributed by atoms with van der Waals surface area (Å²) >= 11 is 1.78. The van der Waals surface area contributed by atoms with Gasteiger partial charge >= 0.3 is 0 Å². The second-order valence-electron chi connectivity index (χ2n) is 4.72. The van der Waals surface area contributed by atoms with Crippen LogP contribution in [0.15, 0.2) is 6.20 Å². The molecule has 4 heteroatoms. The summed E-state index contributed by atoms with van der Waals surface area (Å²) in [4.78, 5) is 5.81. The molecular formula is C12H20N2OS. The molecule has 1 aliphatic rings. The Bertz CT molecular complexity index is 339. The lowest BCUT2D eigenvalue weighted by atomic mass is 9.80. The molecule has 1 aromatic heterocycles. The van der Waals surface area contributed by atoms with Crippen molar-refractivity contribution in [2.75, 3.05) is 7.11 Å². The van der Waals surface area contributed by atoms with Crippen molar-refractivity contribution in [2.45, 2.75) is 51.3 Å². The minimum absolute atomic E-state index is 0.0548. The van der Waals surface area contributed by atoms with Crippen LogP contribution in [-0.4, -0.2) is 18.1 Å². The number of rotatable bonds is 5. The topological polar surface area (TPSA) is 34.1 Å². The van der Waals surface area contributed by atoms with Crippen LogP contribution in [0, 0.1) is 0 Å². The molecule has 0 saturated heterocycles. The highest BCUT2D eigenvalue weighted by molar-refractivity contribution is 7.11. The maximum Gasteiger partial charge on any atom is 0.125 e. The van der Waals surface area contributed by atoms with Crippen molar-refractivity contribution in [3.05, 3.63) is 16.1 Å². The Morgan fingerprint density at radius 3 is 2.81 bits per heavy atom. The Morgan fingerprint density at radius 1 is 1.56 bits per heavy atom. The van der Waals surface area contributed by atoms with Gasteiger partial charge in [0, 0.05) is 30.8 Å². The normalized spacial score (nSPS) is 18.8. The Labute approximate surface area is 101 Å². The van der Waals surface area contributed by atoms with Gasteiger partial charge in [-0.3, -0.25) is 0 Å². The maximum absolute atomic E-state index is 5.63. The second kappa shape index (κ2) is 4.82. The number of hydrogen-bond donors (Lipinski definition) is 1. The molecule has 3 nitrogen and oxygen atoms in total. The van der Waals surface area contributed by atoms with Crippen molar-refractivity contribution in [2.24, 2.45) is 0 Å². The van der Waals surface area contributed by atoms with Crippen LogP contribution < -0.4 is 5.32 Å². The Hall–Kier alpha value is -0.450. The van der Waals surface area contributed by atoms with Crippen molar-refractivity contribution in [3.8, 4) is 0 Å². The number of thiazole rings is 1. The molecule has 1 N–H and O–H groups in total. The maximum atomic E-state index is 5.63. The van der Waals surface area contributed by atoms with E-state index < -0.39 is 0 Å². The molecule has 1 fully saturated rings. The van der Waals surface area contributed by atoms with E-state index in [0.29, 0.717) is 6.04 Å². The van der Waals surface area contributed by atoms with Gasteiger partial charge in [0.05, 0.1) is 0 Å². The number of nitrogens with zero attached hydrogens (tertiary/aromatic N) is 1. The molecule has 0 aromatic carbocycles. The van der Waals surface area contributed by atoms with E-state index in [-0.39, 0.29) is 5.60 Å². The first-order valence-electron chi connectivity index (χ1n) is 5.90. The van der Waals surface area contributed by atoms with Gasteiger partial charge in [0.1, 0.15) is 10.6 Å². The van der Waals surface area contributed by atoms with E-state index in [1.807, 2.05) is 6.20 Å². The fourth-order valence-corrected chi connectivity index (χ4v) is 3.00. The van der Waals surface area contributed by atoms with Crippen molar-refractivity contribution in [1.82, 2.24) is 10.3 Å². The van der Waals surface area contributed by atoms with Gasteiger partial charge in [-0.2, -0.15) is 0 Å². The zero-order valence-corrected chi connectivity index (χ0v) is 11.1. The highest BCUT2D eigenvalue weighted by Crippen LogP contribution is 2.45. The van der Waals surface area contributed by atoms with Crippen LogP contribution in [0.25, 0.3) is 0 Å². The standard InChI is InChI=1S/C12H20N2OS/c1-9(2)13-7-10-8-14-11(16-10)12(15-3)5-4-6-12/h8-9,13H,4-7H2,1-3H3. The van der Waals surface area contributed by atoms with Gasteiger partial charge in [-0.05, 0) is 19.3 Å². The molecule has 0 amide bonds. The molecule has 2 rings (SSSR count). The predicted octanol–water partition coefficient (Wildman–Crippen LogP) is 2.67. The van der Waals surface area contributed by atoms with E-state index in [1.54, 1.807) is 18.4 Å². The molecule has 1 aromatic rings. The fourth-order valence-electron chi connectivity index (χ4n) is 1.91. The molecule has 1 heterocycles. The first-order chi connectivity index (χ1) is 7.66. The third-order valence-corrected chi connectivity index (χ3v) is 4.36. The lowest BCUT2D eigenvalue weighted by Gasteiger charge is -2.38. The summed E-state index contributed by atoms with van der Waals surface area (Å²) in [5.74, 6) is 0. The average Bonchev–Trinajstić information content (AvgIpc) is 2.63. The minimum Gasteiger partial charge on any atom is -0.371 e. The summed E-state index contributed by atoms with van der Waals surface area (Å²) in [6, 6.07) is 0.519. The SMILES string of the molecule is COC1(c2ncc(CNC(C)C)s2)CCC1. The molecule has 1 saturated carbocycles. The molecule has 0 radical (unpaired) electrons. The average molecular weight is 240 g/mol. The van der Waals surface area contributed by atoms with Gasteiger partial charge in [0.2, 0.25) is 0 Å². The van der Waals surface area contributed by atoms with Gasteiger partial charge in [-0.1, -0.05) is 13.8 Å². The molecule has 0 atom stereocenters. The Kier molecular flexibility index (Phi) is 3.62. The van der Waals surface area contributed by atoms with Crippen LogP contribution in [0.2, 0.25) is 0 Å². The third-order valence-electron chi connectivity index (χ3n) is 3.18. The number of aromatic nitrogens is 1. The number of nitrogens with one attached hydrogen (secondary N) is 1. The van der Waals surface area contributed by atoms with Crippen molar-refractivity contribution in [1.29, 1.82) is 0 Å². The molecule has 0 aliphatic heterocycles. The highest BCUT2D eigenvalue weighted by atomic mass is 32.1. The van der Waals surface area contributed by atoms with Gasteiger partial charge in [0.25, 0.3) is 0 Å². The zero-order chi connectivity index (χ0) is 11.6. The summed E-state index contributed by atoms with van der Waals surface area (Å²) in [5.41, 5.74) is -0.0548. The van der Waals surface area contributed by atoms with Crippen LogP contribution >= 0.6 is 11.3 Å². The lowest BCUT2D eigenvalue weighted by molar-refractivity contribution is -0.0779. The van der Waals surface area contributed by atoms with Crippen molar-refractivity contribution >= 4 is 11.3 Å². The minimum atomic E-state index is -0.0548. The monoisotopic (exact) mass is 240 g/mol. The van der Waals surface area contributed by atoms with Crippen LogP contribution in [0.5, 0.6) is 0 Å². The summed E-state index contributed by atoms with van der Waals surface area (Å²) < 4.78 is 5.63. The summed E-state index contributed by atoms with van der Waals surface area (Å²) in [7, 11) is 1.80. The Morgan fingerprint density at radius 2 is 2.31 bits per heavy atom. The van der Waals surface area contributed by atoms with Crippen LogP contribution in [0.4, 0.5) is 0 Å². The van der Waals surface area contributed by atoms with Crippen molar-refractivity contribution < 1.29 is 4.74 Å². The quantitative estimate of drug-likeness (QED) is 0.859. The van der Waals surface area contributed by atoms with Crippen LogP contribution in [-0.2, 0) is 16.9 Å². The van der Waals surface area contributed by atoms with E-state index in [4.69, 9.17) is 4.74 Å². The molecule has 0 spiro atoms. The molecule has 90 valence electrons. The van der Waals surface area contributed by atoms with Gasteiger partial charge in [-0.25, -0.2) is 4.98 Å². The lowest BCUT2D eigenvalue weighted by Crippen LogP contribution is -2.35. The van der Waals surface area contributed by atoms with Gasteiger partial charge in [0.15, 0.2) is 0 Å². The van der Waals surface area contributed by atoms with Gasteiger partial charge < -0.3 is 10.1 Å². The zero-order valence-electron chi connectivity index (χ0n) is 10.2. The van der Waals surface area contributed by atoms with E-state index in [1.165, 1.54) is 11.3 Å². The fraction of sp³-hybridized carbons (Fsp3) is 0.750. The highest BCUT2D eigenvalue weighted by Gasteiger charge is 2.41. The summed E-state index contributed by atoms with van der Waals surface area (Å²) in [5, 5.41) is 4.56.